The number of aromatic nitrogens is 1. The summed E-state index contributed by atoms with van der Waals surface area (Å²) >= 11 is 0. The van der Waals surface area contributed by atoms with Crippen LogP contribution in [0, 0.1) is 0 Å². The van der Waals surface area contributed by atoms with Crippen LogP contribution in [0.5, 0.6) is 0 Å². The molecule has 0 amide bonds. The van der Waals surface area contributed by atoms with Crippen molar-refractivity contribution in [2.24, 2.45) is 5.73 Å². The van der Waals surface area contributed by atoms with E-state index in [2.05, 4.69) is 11.9 Å². The van der Waals surface area contributed by atoms with E-state index in [0.29, 0.717) is 5.56 Å². The second kappa shape index (κ2) is 5.50. The molecule has 0 spiro atoms. The van der Waals surface area contributed by atoms with E-state index in [1.807, 2.05) is 0 Å². The Morgan fingerprint density at radius 2 is 2.43 bits per heavy atom. The van der Waals surface area contributed by atoms with Crippen molar-refractivity contribution in [2.45, 2.75) is 32.2 Å². The molecule has 1 aromatic rings. The summed E-state index contributed by atoms with van der Waals surface area (Å²) in [6.07, 6.45) is 5.59. The number of hydrogen-bond acceptors (Lipinski definition) is 3. The zero-order chi connectivity index (χ0) is 10.4. The van der Waals surface area contributed by atoms with E-state index in [-0.39, 0.29) is 6.04 Å². The number of aldehydes is 1. The number of nitrogens with zero attached hydrogens (tertiary/aromatic N) is 1. The molecule has 76 valence electrons. The van der Waals surface area contributed by atoms with Crippen molar-refractivity contribution in [2.75, 3.05) is 0 Å². The number of hydrogen-bond donors (Lipinski definition) is 1. The zero-order valence-corrected chi connectivity index (χ0v) is 8.44. The number of carbonyl (C=O) groups excluding carboxylic acids is 1. The summed E-state index contributed by atoms with van der Waals surface area (Å²) in [5.41, 5.74) is 7.38. The van der Waals surface area contributed by atoms with Crippen molar-refractivity contribution in [1.29, 1.82) is 0 Å². The normalized spacial score (nSPS) is 12.4. The maximum atomic E-state index is 10.5. The SMILES string of the molecule is CCCCC(N)c1cc(C=O)ccn1. The van der Waals surface area contributed by atoms with E-state index in [1.165, 1.54) is 0 Å². The van der Waals surface area contributed by atoms with E-state index >= 15 is 0 Å². The first-order chi connectivity index (χ1) is 6.77. The summed E-state index contributed by atoms with van der Waals surface area (Å²) in [6.45, 7) is 2.13. The molecule has 0 saturated carbocycles. The fourth-order valence-corrected chi connectivity index (χ4v) is 1.31. The smallest absolute Gasteiger partial charge is 0.150 e. The Labute approximate surface area is 84.3 Å². The lowest BCUT2D eigenvalue weighted by Gasteiger charge is -2.10. The Balaban J connectivity index is 2.68. The quantitative estimate of drug-likeness (QED) is 0.727. The zero-order valence-electron chi connectivity index (χ0n) is 8.44. The number of nitrogens with two attached hydrogens (primary N) is 1. The van der Waals surface area contributed by atoms with Crippen LogP contribution in [0.4, 0.5) is 0 Å². The molecule has 0 aliphatic heterocycles. The second-order valence-corrected chi connectivity index (χ2v) is 3.38. The molecule has 1 unspecified atom stereocenters. The molecule has 0 saturated heterocycles. The van der Waals surface area contributed by atoms with Crippen molar-refractivity contribution in [1.82, 2.24) is 4.98 Å². The number of rotatable bonds is 5. The lowest BCUT2D eigenvalue weighted by Crippen LogP contribution is -2.12. The van der Waals surface area contributed by atoms with Crippen LogP contribution in [-0.4, -0.2) is 11.3 Å². The van der Waals surface area contributed by atoms with Gasteiger partial charge in [0.1, 0.15) is 6.29 Å². The van der Waals surface area contributed by atoms with Gasteiger partial charge in [-0.05, 0) is 18.6 Å². The maximum Gasteiger partial charge on any atom is 0.150 e. The maximum absolute atomic E-state index is 10.5. The van der Waals surface area contributed by atoms with Crippen molar-refractivity contribution in [3.05, 3.63) is 29.6 Å². The van der Waals surface area contributed by atoms with Crippen molar-refractivity contribution >= 4 is 6.29 Å². The molecule has 0 radical (unpaired) electrons. The third-order valence-electron chi connectivity index (χ3n) is 2.19. The van der Waals surface area contributed by atoms with Crippen LogP contribution in [0.25, 0.3) is 0 Å². The average molecular weight is 192 g/mol. The molecule has 3 heteroatoms. The molecule has 1 heterocycles. The van der Waals surface area contributed by atoms with Crippen molar-refractivity contribution < 1.29 is 4.79 Å². The minimum atomic E-state index is -0.0464. The van der Waals surface area contributed by atoms with E-state index < -0.39 is 0 Å². The van der Waals surface area contributed by atoms with Gasteiger partial charge in [0.05, 0.1) is 5.69 Å². The van der Waals surface area contributed by atoms with Gasteiger partial charge in [-0.1, -0.05) is 19.8 Å². The fraction of sp³-hybridized carbons (Fsp3) is 0.455. The van der Waals surface area contributed by atoms with E-state index in [9.17, 15) is 4.79 Å². The highest BCUT2D eigenvalue weighted by atomic mass is 16.1. The summed E-state index contributed by atoms with van der Waals surface area (Å²) in [5.74, 6) is 0. The van der Waals surface area contributed by atoms with Gasteiger partial charge in [0.2, 0.25) is 0 Å². The third kappa shape index (κ3) is 2.92. The Morgan fingerprint density at radius 3 is 3.07 bits per heavy atom. The Hall–Kier alpha value is -1.22. The molecular formula is C11H16N2O. The van der Waals surface area contributed by atoms with Gasteiger partial charge >= 0.3 is 0 Å². The molecule has 2 N–H and O–H groups in total. The highest BCUT2D eigenvalue weighted by Crippen LogP contribution is 2.14. The molecule has 0 fully saturated rings. The number of pyridine rings is 1. The van der Waals surface area contributed by atoms with Crippen LogP contribution in [0.15, 0.2) is 18.3 Å². The third-order valence-corrected chi connectivity index (χ3v) is 2.19. The monoisotopic (exact) mass is 192 g/mol. The van der Waals surface area contributed by atoms with Gasteiger partial charge in [-0.3, -0.25) is 9.78 Å². The lowest BCUT2D eigenvalue weighted by molar-refractivity contribution is 0.112. The largest absolute Gasteiger partial charge is 0.323 e. The van der Waals surface area contributed by atoms with Gasteiger partial charge in [0, 0.05) is 17.8 Å². The van der Waals surface area contributed by atoms with Crippen LogP contribution in [-0.2, 0) is 0 Å². The van der Waals surface area contributed by atoms with E-state index in [0.717, 1.165) is 31.2 Å². The number of unbranched alkanes of at least 4 members (excludes halogenated alkanes) is 1. The minimum Gasteiger partial charge on any atom is -0.323 e. The summed E-state index contributed by atoms with van der Waals surface area (Å²) in [6, 6.07) is 3.39. The molecule has 1 rings (SSSR count). The van der Waals surface area contributed by atoms with Gasteiger partial charge in [0.25, 0.3) is 0 Å². The lowest BCUT2D eigenvalue weighted by atomic mass is 10.1. The Bertz CT molecular complexity index is 299. The Morgan fingerprint density at radius 1 is 1.64 bits per heavy atom. The van der Waals surface area contributed by atoms with Gasteiger partial charge in [0.15, 0.2) is 0 Å². The standard InChI is InChI=1S/C11H16N2O/c1-2-3-4-10(12)11-7-9(8-14)5-6-13-11/h5-8,10H,2-4,12H2,1H3. The van der Waals surface area contributed by atoms with Gasteiger partial charge in [-0.15, -0.1) is 0 Å². The van der Waals surface area contributed by atoms with Gasteiger partial charge in [-0.2, -0.15) is 0 Å². The molecule has 14 heavy (non-hydrogen) atoms. The van der Waals surface area contributed by atoms with Gasteiger partial charge in [-0.25, -0.2) is 0 Å². The first kappa shape index (κ1) is 10.9. The first-order valence-electron chi connectivity index (χ1n) is 4.94. The van der Waals surface area contributed by atoms with Crippen LogP contribution in [0.1, 0.15) is 48.3 Å². The molecule has 0 aliphatic rings. The second-order valence-electron chi connectivity index (χ2n) is 3.38. The van der Waals surface area contributed by atoms with Crippen LogP contribution < -0.4 is 5.73 Å². The highest BCUT2D eigenvalue weighted by Gasteiger charge is 2.06. The van der Waals surface area contributed by atoms with Crippen LogP contribution in [0.3, 0.4) is 0 Å². The summed E-state index contributed by atoms with van der Waals surface area (Å²) < 4.78 is 0. The topological polar surface area (TPSA) is 56.0 Å². The van der Waals surface area contributed by atoms with E-state index in [1.54, 1.807) is 18.3 Å². The molecule has 0 aromatic carbocycles. The van der Waals surface area contributed by atoms with Crippen LogP contribution >= 0.6 is 0 Å². The first-order valence-corrected chi connectivity index (χ1v) is 4.94. The van der Waals surface area contributed by atoms with Gasteiger partial charge < -0.3 is 5.73 Å². The molecule has 1 atom stereocenters. The predicted molar refractivity (Wildman–Crippen MR) is 56.1 cm³/mol. The van der Waals surface area contributed by atoms with Crippen molar-refractivity contribution in [3.8, 4) is 0 Å². The molecule has 3 nitrogen and oxygen atoms in total. The fourth-order valence-electron chi connectivity index (χ4n) is 1.31. The van der Waals surface area contributed by atoms with Crippen LogP contribution in [0.2, 0.25) is 0 Å². The molecule has 1 aromatic heterocycles. The Kier molecular flexibility index (Phi) is 4.26. The molecular weight excluding hydrogens is 176 g/mol. The summed E-state index contributed by atoms with van der Waals surface area (Å²) in [5, 5.41) is 0. The average Bonchev–Trinajstić information content (AvgIpc) is 2.26. The summed E-state index contributed by atoms with van der Waals surface area (Å²) in [4.78, 5) is 14.7. The van der Waals surface area contributed by atoms with E-state index in [4.69, 9.17) is 5.73 Å². The predicted octanol–water partition coefficient (Wildman–Crippen LogP) is 2.08. The molecule has 0 bridgehead atoms. The highest BCUT2D eigenvalue weighted by molar-refractivity contribution is 5.74. The molecule has 0 aliphatic carbocycles. The van der Waals surface area contributed by atoms with Crippen molar-refractivity contribution in [3.63, 3.8) is 0 Å². The summed E-state index contributed by atoms with van der Waals surface area (Å²) in [7, 11) is 0. The minimum absolute atomic E-state index is 0.0464. The number of carbonyl (C=O) groups is 1.